The maximum absolute atomic E-state index is 13.4. The van der Waals surface area contributed by atoms with Crippen LogP contribution in [-0.2, 0) is 32.8 Å². The average molecular weight is 544 g/mol. The Balaban J connectivity index is 1.80. The molecule has 0 heterocycles. The summed E-state index contributed by atoms with van der Waals surface area (Å²) in [5.74, 6) is -0.334. The van der Waals surface area contributed by atoms with Crippen molar-refractivity contribution < 1.29 is 22.7 Å². The third kappa shape index (κ3) is 7.96. The molecular formula is C27H30ClN3O5S. The number of sulfonamides is 1. The van der Waals surface area contributed by atoms with Crippen LogP contribution in [0.2, 0.25) is 5.02 Å². The lowest BCUT2D eigenvalue weighted by atomic mass is 10.1. The minimum absolute atomic E-state index is 0.106. The number of benzene rings is 3. The fourth-order valence-corrected chi connectivity index (χ4v) is 4.62. The maximum atomic E-state index is 13.4. The van der Waals surface area contributed by atoms with Crippen molar-refractivity contribution in [3.63, 3.8) is 0 Å². The number of nitrogens with one attached hydrogen (secondary N) is 1. The highest BCUT2D eigenvalue weighted by Gasteiger charge is 2.29. The first-order valence-corrected chi connectivity index (χ1v) is 13.8. The fraction of sp³-hybridized carbons (Fsp3) is 0.259. The van der Waals surface area contributed by atoms with E-state index in [1.807, 2.05) is 30.3 Å². The van der Waals surface area contributed by atoms with E-state index in [1.165, 1.54) is 11.9 Å². The van der Waals surface area contributed by atoms with Gasteiger partial charge in [-0.1, -0.05) is 54.1 Å². The lowest BCUT2D eigenvalue weighted by Gasteiger charge is -2.31. The van der Waals surface area contributed by atoms with E-state index in [4.69, 9.17) is 16.3 Å². The van der Waals surface area contributed by atoms with E-state index in [9.17, 15) is 18.0 Å². The van der Waals surface area contributed by atoms with Gasteiger partial charge in [-0.15, -0.1) is 0 Å². The number of rotatable bonds is 11. The Bertz CT molecular complexity index is 1300. The first kappa shape index (κ1) is 28.0. The van der Waals surface area contributed by atoms with Crippen LogP contribution >= 0.6 is 11.6 Å². The number of anilines is 1. The first-order chi connectivity index (χ1) is 17.6. The Morgan fingerprint density at radius 2 is 1.57 bits per heavy atom. The number of carbonyl (C=O) groups is 2. The van der Waals surface area contributed by atoms with Crippen LogP contribution in [0.15, 0.2) is 78.9 Å². The second kappa shape index (κ2) is 12.6. The Morgan fingerprint density at radius 1 is 0.946 bits per heavy atom. The van der Waals surface area contributed by atoms with Crippen LogP contribution in [0, 0.1) is 0 Å². The minimum Gasteiger partial charge on any atom is -0.489 e. The molecule has 2 amide bonds. The van der Waals surface area contributed by atoms with Crippen LogP contribution in [0.3, 0.4) is 0 Å². The Kier molecular flexibility index (Phi) is 9.54. The van der Waals surface area contributed by atoms with E-state index in [1.54, 1.807) is 55.5 Å². The van der Waals surface area contributed by atoms with Gasteiger partial charge in [-0.25, -0.2) is 8.42 Å². The second-order valence-electron chi connectivity index (χ2n) is 8.48. The van der Waals surface area contributed by atoms with Crippen LogP contribution in [-0.4, -0.2) is 51.0 Å². The largest absolute Gasteiger partial charge is 0.489 e. The molecule has 1 N–H and O–H groups in total. The maximum Gasteiger partial charge on any atom is 0.244 e. The van der Waals surface area contributed by atoms with Crippen molar-refractivity contribution >= 4 is 39.1 Å². The summed E-state index contributed by atoms with van der Waals surface area (Å²) in [5.41, 5.74) is 2.06. The molecule has 196 valence electrons. The molecule has 0 saturated heterocycles. The van der Waals surface area contributed by atoms with Crippen LogP contribution in [0.5, 0.6) is 5.75 Å². The summed E-state index contributed by atoms with van der Waals surface area (Å²) in [6.45, 7) is 1.59. The summed E-state index contributed by atoms with van der Waals surface area (Å²) in [7, 11) is -2.34. The van der Waals surface area contributed by atoms with Crippen LogP contribution in [0.4, 0.5) is 5.69 Å². The molecule has 0 unspecified atom stereocenters. The van der Waals surface area contributed by atoms with Crippen LogP contribution < -0.4 is 14.4 Å². The van der Waals surface area contributed by atoms with Gasteiger partial charge in [0.2, 0.25) is 21.8 Å². The van der Waals surface area contributed by atoms with Gasteiger partial charge in [0.1, 0.15) is 24.9 Å². The van der Waals surface area contributed by atoms with E-state index < -0.39 is 28.5 Å². The SMILES string of the molecule is CNC(=O)[C@@H](C)N(Cc1ccc(Cl)cc1)C(=O)CN(c1ccc(OCc2ccccc2)cc1)S(C)(=O)=O. The zero-order chi connectivity index (χ0) is 27.0. The zero-order valence-corrected chi connectivity index (χ0v) is 22.5. The highest BCUT2D eigenvalue weighted by Crippen LogP contribution is 2.23. The van der Waals surface area contributed by atoms with Gasteiger partial charge in [0.25, 0.3) is 0 Å². The van der Waals surface area contributed by atoms with Crippen molar-refractivity contribution in [2.45, 2.75) is 26.1 Å². The summed E-state index contributed by atoms with van der Waals surface area (Å²) in [6.07, 6.45) is 1.03. The second-order valence-corrected chi connectivity index (χ2v) is 10.8. The van der Waals surface area contributed by atoms with Gasteiger partial charge in [0.05, 0.1) is 11.9 Å². The normalized spacial score (nSPS) is 11.9. The van der Waals surface area contributed by atoms with Gasteiger partial charge >= 0.3 is 0 Å². The van der Waals surface area contributed by atoms with Crippen molar-refractivity contribution in [2.75, 3.05) is 24.2 Å². The van der Waals surface area contributed by atoms with Crippen molar-refractivity contribution in [1.29, 1.82) is 0 Å². The number of amides is 2. The first-order valence-electron chi connectivity index (χ1n) is 11.6. The highest BCUT2D eigenvalue weighted by molar-refractivity contribution is 7.92. The van der Waals surface area contributed by atoms with Gasteiger partial charge in [-0.3, -0.25) is 13.9 Å². The summed E-state index contributed by atoms with van der Waals surface area (Å²) in [4.78, 5) is 27.2. The topological polar surface area (TPSA) is 96.0 Å². The Hall–Kier alpha value is -3.56. The standard InChI is InChI=1S/C27H30ClN3O5S/c1-20(27(33)29-2)30(17-21-9-11-23(28)12-10-21)26(32)18-31(37(3,34)35)24-13-15-25(16-14-24)36-19-22-7-5-4-6-8-22/h4-16,20H,17-19H2,1-3H3,(H,29,33)/t20-/m1/s1. The molecule has 0 saturated carbocycles. The highest BCUT2D eigenvalue weighted by atomic mass is 35.5. The molecule has 10 heteroatoms. The summed E-state index contributed by atoms with van der Waals surface area (Å²) in [6, 6.07) is 22.2. The lowest BCUT2D eigenvalue weighted by Crippen LogP contribution is -2.50. The third-order valence-electron chi connectivity index (χ3n) is 5.73. The molecule has 3 aromatic carbocycles. The smallest absolute Gasteiger partial charge is 0.244 e. The molecule has 0 bridgehead atoms. The molecule has 0 fully saturated rings. The van der Waals surface area contributed by atoms with Gasteiger partial charge in [-0.2, -0.15) is 0 Å². The van der Waals surface area contributed by atoms with Gasteiger partial charge in [0, 0.05) is 18.6 Å². The van der Waals surface area contributed by atoms with E-state index >= 15 is 0 Å². The van der Waals surface area contributed by atoms with E-state index in [0.717, 1.165) is 21.7 Å². The number of likely N-dealkylation sites (N-methyl/N-ethyl adjacent to an activating group) is 1. The van der Waals surface area contributed by atoms with Crippen LogP contribution in [0.1, 0.15) is 18.1 Å². The molecular weight excluding hydrogens is 514 g/mol. The molecule has 0 aliphatic carbocycles. The van der Waals surface area contributed by atoms with E-state index in [-0.39, 0.29) is 12.5 Å². The zero-order valence-electron chi connectivity index (χ0n) is 20.9. The van der Waals surface area contributed by atoms with Crippen molar-refractivity contribution in [1.82, 2.24) is 10.2 Å². The van der Waals surface area contributed by atoms with Gasteiger partial charge in [0.15, 0.2) is 0 Å². The molecule has 37 heavy (non-hydrogen) atoms. The van der Waals surface area contributed by atoms with Crippen LogP contribution in [0.25, 0.3) is 0 Å². The summed E-state index contributed by atoms with van der Waals surface area (Å²) >= 11 is 5.97. The Labute approximate surface area is 222 Å². The Morgan fingerprint density at radius 3 is 2.14 bits per heavy atom. The number of halogens is 1. The van der Waals surface area contributed by atoms with Gasteiger partial charge < -0.3 is 15.0 Å². The van der Waals surface area contributed by atoms with E-state index in [0.29, 0.717) is 23.1 Å². The number of hydrogen-bond acceptors (Lipinski definition) is 5. The molecule has 0 aliphatic rings. The quantitative estimate of drug-likeness (QED) is 0.396. The predicted molar refractivity (Wildman–Crippen MR) is 145 cm³/mol. The van der Waals surface area contributed by atoms with Crippen molar-refractivity contribution in [3.05, 3.63) is 95.0 Å². The third-order valence-corrected chi connectivity index (χ3v) is 7.12. The lowest BCUT2D eigenvalue weighted by molar-refractivity contribution is -0.139. The number of carbonyl (C=O) groups excluding carboxylic acids is 2. The summed E-state index contributed by atoms with van der Waals surface area (Å²) in [5, 5.41) is 3.08. The number of nitrogens with zero attached hydrogens (tertiary/aromatic N) is 2. The van der Waals surface area contributed by atoms with Crippen molar-refractivity contribution in [2.24, 2.45) is 0 Å². The molecule has 0 aromatic heterocycles. The van der Waals surface area contributed by atoms with Gasteiger partial charge in [-0.05, 0) is 54.4 Å². The monoisotopic (exact) mass is 543 g/mol. The summed E-state index contributed by atoms with van der Waals surface area (Å²) < 4.78 is 32.1. The minimum atomic E-state index is -3.82. The predicted octanol–water partition coefficient (Wildman–Crippen LogP) is 3.85. The molecule has 3 aromatic rings. The molecule has 0 radical (unpaired) electrons. The van der Waals surface area contributed by atoms with Crippen molar-refractivity contribution in [3.8, 4) is 5.75 Å². The average Bonchev–Trinajstić information content (AvgIpc) is 2.89. The molecule has 1 atom stereocenters. The van der Waals surface area contributed by atoms with E-state index in [2.05, 4.69) is 5.32 Å². The molecule has 0 aliphatic heterocycles. The molecule has 3 rings (SSSR count). The molecule has 0 spiro atoms. The number of ether oxygens (including phenoxy) is 1. The molecule has 8 nitrogen and oxygen atoms in total. The number of hydrogen-bond donors (Lipinski definition) is 1. The fourth-order valence-electron chi connectivity index (χ4n) is 3.64.